The van der Waals surface area contributed by atoms with Crippen LogP contribution in [0.25, 0.3) is 0 Å². The summed E-state index contributed by atoms with van der Waals surface area (Å²) in [7, 11) is -4.94. The molecule has 3 rings (SSSR count). The third-order valence-corrected chi connectivity index (χ3v) is 6.73. The summed E-state index contributed by atoms with van der Waals surface area (Å²) in [4.78, 5) is -0.0858. The Bertz CT molecular complexity index is 843. The van der Waals surface area contributed by atoms with Gasteiger partial charge in [0.05, 0.1) is 4.90 Å². The summed E-state index contributed by atoms with van der Waals surface area (Å²) in [5, 5.41) is 3.41. The van der Waals surface area contributed by atoms with Crippen LogP contribution in [-0.2, 0) is 10.1 Å². The van der Waals surface area contributed by atoms with E-state index in [0.29, 0.717) is 0 Å². The first kappa shape index (κ1) is 18.9. The zero-order chi connectivity index (χ0) is 16.3. The maximum absolute atomic E-state index is 11.2. The molecule has 3 nitrogen and oxygen atoms in total. The van der Waals surface area contributed by atoms with Gasteiger partial charge in [0.1, 0.15) is 0 Å². The fourth-order valence-electron chi connectivity index (χ4n) is 2.37. The molecule has 24 heavy (non-hydrogen) atoms. The van der Waals surface area contributed by atoms with E-state index in [2.05, 4.69) is 24.3 Å². The van der Waals surface area contributed by atoms with E-state index in [1.807, 2.05) is 36.4 Å². The molecular formula is C18H16LiO3PS. The molecule has 0 aliphatic rings. The van der Waals surface area contributed by atoms with Gasteiger partial charge in [-0.1, -0.05) is 72.8 Å². The standard InChI is InChI=1S/C18H15O3PS.Li.H/c19-23(20,21)18-13-11-17(12-14-18)22(15-7-3-1-4-8-15)16-9-5-2-6-10-16;;/h1-14H,(H,19,20,21);;. The minimum atomic E-state index is -4.17. The number of hydrogen-bond acceptors (Lipinski definition) is 2. The molecule has 1 N–H and O–H groups in total. The SMILES string of the molecule is O=S(=O)(O)c1ccc(P(c2ccccc2)c2ccccc2)cc1.[LiH]. The second-order valence-corrected chi connectivity index (χ2v) is 8.62. The molecule has 0 saturated carbocycles. The molecule has 0 spiro atoms. The van der Waals surface area contributed by atoms with E-state index in [9.17, 15) is 8.42 Å². The Labute approximate surface area is 155 Å². The molecule has 0 fully saturated rings. The number of hydrogen-bond donors (Lipinski definition) is 1. The zero-order valence-electron chi connectivity index (χ0n) is 12.2. The molecule has 6 heteroatoms. The molecule has 0 bridgehead atoms. The Kier molecular flexibility index (Phi) is 6.40. The Morgan fingerprint density at radius 1 is 0.625 bits per heavy atom. The molecule has 0 saturated heterocycles. The average Bonchev–Trinajstić information content (AvgIpc) is 2.57. The molecular weight excluding hydrogens is 334 g/mol. The maximum atomic E-state index is 11.2. The van der Waals surface area contributed by atoms with Crippen molar-refractivity contribution in [2.24, 2.45) is 0 Å². The third-order valence-electron chi connectivity index (χ3n) is 3.42. The van der Waals surface area contributed by atoms with Crippen molar-refractivity contribution in [1.82, 2.24) is 0 Å². The number of rotatable bonds is 4. The Balaban J connectivity index is 0.00000208. The Morgan fingerprint density at radius 2 is 1.00 bits per heavy atom. The normalized spacial score (nSPS) is 11.1. The van der Waals surface area contributed by atoms with Crippen molar-refractivity contribution in [3.8, 4) is 0 Å². The topological polar surface area (TPSA) is 54.4 Å². The Hall–Kier alpha value is -1.40. The summed E-state index contributed by atoms with van der Waals surface area (Å²) in [5.41, 5.74) is 0. The summed E-state index contributed by atoms with van der Waals surface area (Å²) in [5.74, 6) is 0. The van der Waals surface area contributed by atoms with Crippen LogP contribution < -0.4 is 15.9 Å². The molecule has 0 aliphatic heterocycles. The van der Waals surface area contributed by atoms with E-state index >= 15 is 0 Å². The van der Waals surface area contributed by atoms with Crippen molar-refractivity contribution in [2.75, 3.05) is 0 Å². The van der Waals surface area contributed by atoms with Crippen LogP contribution in [0.2, 0.25) is 0 Å². The van der Waals surface area contributed by atoms with E-state index < -0.39 is 18.0 Å². The second-order valence-electron chi connectivity index (χ2n) is 4.98. The predicted octanol–water partition coefficient (Wildman–Crippen LogP) is 2.04. The molecule has 0 heterocycles. The first-order valence-electron chi connectivity index (χ1n) is 7.03. The van der Waals surface area contributed by atoms with Crippen molar-refractivity contribution in [2.45, 2.75) is 4.90 Å². The fourth-order valence-corrected chi connectivity index (χ4v) is 5.13. The summed E-state index contributed by atoms with van der Waals surface area (Å²) in [6, 6.07) is 26.7. The van der Waals surface area contributed by atoms with Crippen molar-refractivity contribution in [1.29, 1.82) is 0 Å². The summed E-state index contributed by atoms with van der Waals surface area (Å²) in [6.45, 7) is 0. The van der Waals surface area contributed by atoms with Gasteiger partial charge in [0.2, 0.25) is 0 Å². The average molecular weight is 350 g/mol. The van der Waals surface area contributed by atoms with Crippen LogP contribution in [0.5, 0.6) is 0 Å². The van der Waals surface area contributed by atoms with Crippen LogP contribution in [-0.4, -0.2) is 31.8 Å². The second kappa shape index (κ2) is 8.12. The van der Waals surface area contributed by atoms with Gasteiger partial charge in [-0.15, -0.1) is 0 Å². The van der Waals surface area contributed by atoms with Gasteiger partial charge in [-0.05, 0) is 36.0 Å². The molecule has 0 aliphatic carbocycles. The first-order valence-corrected chi connectivity index (χ1v) is 9.82. The van der Waals surface area contributed by atoms with Gasteiger partial charge in [-0.3, -0.25) is 4.55 Å². The van der Waals surface area contributed by atoms with Gasteiger partial charge >= 0.3 is 18.9 Å². The molecule has 3 aromatic rings. The zero-order valence-corrected chi connectivity index (χ0v) is 13.9. The van der Waals surface area contributed by atoms with Gasteiger partial charge < -0.3 is 0 Å². The molecule has 0 atom stereocenters. The van der Waals surface area contributed by atoms with Gasteiger partial charge in [0.15, 0.2) is 0 Å². The molecule has 3 aromatic carbocycles. The van der Waals surface area contributed by atoms with Crippen LogP contribution in [0, 0.1) is 0 Å². The monoisotopic (exact) mass is 350 g/mol. The Morgan fingerprint density at radius 3 is 1.38 bits per heavy atom. The predicted molar refractivity (Wildman–Crippen MR) is 102 cm³/mol. The fraction of sp³-hybridized carbons (Fsp3) is 0. The molecule has 0 unspecified atom stereocenters. The van der Waals surface area contributed by atoms with Crippen molar-refractivity contribution >= 4 is 52.8 Å². The van der Waals surface area contributed by atoms with E-state index in [-0.39, 0.29) is 23.8 Å². The molecule has 118 valence electrons. The van der Waals surface area contributed by atoms with Crippen LogP contribution >= 0.6 is 7.92 Å². The van der Waals surface area contributed by atoms with Crippen molar-refractivity contribution < 1.29 is 13.0 Å². The van der Waals surface area contributed by atoms with E-state index in [0.717, 1.165) is 5.30 Å². The summed E-state index contributed by atoms with van der Waals surface area (Å²) in [6.07, 6.45) is 0. The summed E-state index contributed by atoms with van der Waals surface area (Å²) >= 11 is 0. The molecule has 0 radical (unpaired) electrons. The van der Waals surface area contributed by atoms with Gasteiger partial charge in [-0.2, -0.15) is 8.42 Å². The third kappa shape index (κ3) is 4.36. The summed E-state index contributed by atoms with van der Waals surface area (Å²) < 4.78 is 31.6. The minimum absolute atomic E-state index is 0. The van der Waals surface area contributed by atoms with E-state index in [4.69, 9.17) is 4.55 Å². The van der Waals surface area contributed by atoms with Crippen LogP contribution in [0.15, 0.2) is 89.8 Å². The first-order chi connectivity index (χ1) is 11.1. The van der Waals surface area contributed by atoms with E-state index in [1.165, 1.54) is 22.7 Å². The van der Waals surface area contributed by atoms with Crippen molar-refractivity contribution in [3.05, 3.63) is 84.9 Å². The van der Waals surface area contributed by atoms with Crippen LogP contribution in [0.1, 0.15) is 0 Å². The molecule has 0 aromatic heterocycles. The van der Waals surface area contributed by atoms with Crippen molar-refractivity contribution in [3.63, 3.8) is 0 Å². The number of benzene rings is 3. The van der Waals surface area contributed by atoms with Gasteiger partial charge in [0.25, 0.3) is 10.1 Å². The van der Waals surface area contributed by atoms with Gasteiger partial charge in [0, 0.05) is 0 Å². The van der Waals surface area contributed by atoms with Crippen LogP contribution in [0.4, 0.5) is 0 Å². The van der Waals surface area contributed by atoms with E-state index in [1.54, 1.807) is 12.1 Å². The molecule has 0 amide bonds. The quantitative estimate of drug-likeness (QED) is 0.445. The van der Waals surface area contributed by atoms with Crippen LogP contribution in [0.3, 0.4) is 0 Å². The van der Waals surface area contributed by atoms with Gasteiger partial charge in [-0.25, -0.2) is 0 Å².